The van der Waals surface area contributed by atoms with Gasteiger partial charge in [0, 0.05) is 11.9 Å². The van der Waals surface area contributed by atoms with Crippen molar-refractivity contribution in [1.82, 2.24) is 9.38 Å². The maximum atomic E-state index is 12.8. The van der Waals surface area contributed by atoms with Gasteiger partial charge in [0.1, 0.15) is 15.2 Å². The zero-order valence-electron chi connectivity index (χ0n) is 10.2. The Morgan fingerprint density at radius 2 is 2.00 bits per heavy atom. The molecule has 0 saturated heterocycles. The first kappa shape index (κ1) is 13.0. The summed E-state index contributed by atoms with van der Waals surface area (Å²) >= 11 is 2.15. The van der Waals surface area contributed by atoms with Crippen molar-refractivity contribution in [3.63, 3.8) is 0 Å². The molecule has 1 N–H and O–H groups in total. The van der Waals surface area contributed by atoms with Crippen LogP contribution in [-0.4, -0.2) is 15.3 Å². The minimum atomic E-state index is -0.340. The van der Waals surface area contributed by atoms with Crippen LogP contribution in [0.3, 0.4) is 0 Å². The monoisotopic (exact) mass is 381 g/mol. The van der Waals surface area contributed by atoms with Gasteiger partial charge in [0.25, 0.3) is 5.91 Å². The van der Waals surface area contributed by atoms with Gasteiger partial charge >= 0.3 is 0 Å². The molecule has 0 fully saturated rings. The molecule has 0 atom stereocenters. The predicted octanol–water partition coefficient (Wildman–Crippen LogP) is 3.33. The Morgan fingerprint density at radius 1 is 1.25 bits per heavy atom. The topological polar surface area (TPSA) is 46.4 Å². The van der Waals surface area contributed by atoms with E-state index in [0.717, 1.165) is 3.70 Å². The standard InChI is InChI=1S/C14H9FIN3O/c15-9-3-5-10(6-4-9)18-14(20)11-2-1-7-19-12(16)8-17-13(11)19/h1-8H,(H,18,20). The first-order valence-electron chi connectivity index (χ1n) is 5.83. The van der Waals surface area contributed by atoms with Crippen molar-refractivity contribution in [2.24, 2.45) is 0 Å². The summed E-state index contributed by atoms with van der Waals surface area (Å²) in [5, 5.41) is 2.73. The van der Waals surface area contributed by atoms with Crippen LogP contribution in [0.1, 0.15) is 10.4 Å². The molecule has 2 aromatic heterocycles. The number of rotatable bonds is 2. The van der Waals surface area contributed by atoms with Crippen LogP contribution in [0.2, 0.25) is 0 Å². The Labute approximate surface area is 127 Å². The van der Waals surface area contributed by atoms with Crippen molar-refractivity contribution in [2.45, 2.75) is 0 Å². The first-order chi connectivity index (χ1) is 9.65. The van der Waals surface area contributed by atoms with Gasteiger partial charge in [0.15, 0.2) is 0 Å². The molecule has 0 aliphatic rings. The van der Waals surface area contributed by atoms with E-state index in [1.807, 2.05) is 10.6 Å². The summed E-state index contributed by atoms with van der Waals surface area (Å²) in [5.41, 5.74) is 1.61. The van der Waals surface area contributed by atoms with Crippen LogP contribution < -0.4 is 5.32 Å². The van der Waals surface area contributed by atoms with Gasteiger partial charge < -0.3 is 5.32 Å². The fraction of sp³-hybridized carbons (Fsp3) is 0. The second kappa shape index (κ2) is 5.20. The fourth-order valence-corrected chi connectivity index (χ4v) is 2.42. The molecule has 6 heteroatoms. The van der Waals surface area contributed by atoms with Crippen LogP contribution in [0.4, 0.5) is 10.1 Å². The Hall–Kier alpha value is -1.96. The number of fused-ring (bicyclic) bond motifs is 1. The van der Waals surface area contributed by atoms with Crippen LogP contribution in [0.25, 0.3) is 5.65 Å². The van der Waals surface area contributed by atoms with Crippen LogP contribution >= 0.6 is 22.6 Å². The Morgan fingerprint density at radius 3 is 2.75 bits per heavy atom. The molecule has 0 unspecified atom stereocenters. The van der Waals surface area contributed by atoms with Gasteiger partial charge in [0.05, 0.1) is 11.8 Å². The van der Waals surface area contributed by atoms with E-state index in [0.29, 0.717) is 16.9 Å². The summed E-state index contributed by atoms with van der Waals surface area (Å²) < 4.78 is 15.6. The molecule has 4 nitrogen and oxygen atoms in total. The second-order valence-corrected chi connectivity index (χ2v) is 5.26. The summed E-state index contributed by atoms with van der Waals surface area (Å²) in [6.07, 6.45) is 3.54. The van der Waals surface area contributed by atoms with Crippen molar-refractivity contribution in [1.29, 1.82) is 0 Å². The lowest BCUT2D eigenvalue weighted by Crippen LogP contribution is -2.13. The second-order valence-electron chi connectivity index (χ2n) is 4.16. The highest BCUT2D eigenvalue weighted by Crippen LogP contribution is 2.16. The molecule has 0 aliphatic heterocycles. The van der Waals surface area contributed by atoms with Gasteiger partial charge in [-0.1, -0.05) is 0 Å². The molecule has 20 heavy (non-hydrogen) atoms. The smallest absolute Gasteiger partial charge is 0.259 e. The molecule has 0 radical (unpaired) electrons. The Bertz CT molecular complexity index is 783. The lowest BCUT2D eigenvalue weighted by atomic mass is 10.2. The normalized spacial score (nSPS) is 10.7. The maximum Gasteiger partial charge on any atom is 0.259 e. The molecular formula is C14H9FIN3O. The maximum absolute atomic E-state index is 12.8. The van der Waals surface area contributed by atoms with Crippen molar-refractivity contribution in [2.75, 3.05) is 5.32 Å². The van der Waals surface area contributed by atoms with Crippen molar-refractivity contribution >= 4 is 39.8 Å². The number of hydrogen-bond donors (Lipinski definition) is 1. The highest BCUT2D eigenvalue weighted by Gasteiger charge is 2.13. The third kappa shape index (κ3) is 2.38. The number of pyridine rings is 1. The lowest BCUT2D eigenvalue weighted by molar-refractivity contribution is 0.102. The number of imidazole rings is 1. The van der Waals surface area contributed by atoms with Gasteiger partial charge in [-0.3, -0.25) is 9.20 Å². The van der Waals surface area contributed by atoms with E-state index < -0.39 is 0 Å². The van der Waals surface area contributed by atoms with Crippen LogP contribution in [0.5, 0.6) is 0 Å². The molecule has 0 aliphatic carbocycles. The molecule has 2 heterocycles. The molecule has 0 spiro atoms. The zero-order valence-corrected chi connectivity index (χ0v) is 12.3. The number of nitrogens with zero attached hydrogens (tertiary/aromatic N) is 2. The summed E-state index contributed by atoms with van der Waals surface area (Å²) in [7, 11) is 0. The van der Waals surface area contributed by atoms with E-state index in [4.69, 9.17) is 0 Å². The molecule has 0 saturated carbocycles. The van der Waals surface area contributed by atoms with Crippen molar-refractivity contribution in [3.8, 4) is 0 Å². The average molecular weight is 381 g/mol. The summed E-state index contributed by atoms with van der Waals surface area (Å²) in [4.78, 5) is 16.5. The largest absolute Gasteiger partial charge is 0.322 e. The van der Waals surface area contributed by atoms with E-state index >= 15 is 0 Å². The number of anilines is 1. The fourth-order valence-electron chi connectivity index (χ4n) is 1.89. The lowest BCUT2D eigenvalue weighted by Gasteiger charge is -2.06. The summed E-state index contributed by atoms with van der Waals surface area (Å²) in [5.74, 6) is -0.614. The molecule has 1 amide bonds. The third-order valence-corrected chi connectivity index (χ3v) is 3.64. The number of benzene rings is 1. The zero-order chi connectivity index (χ0) is 14.1. The molecule has 3 rings (SSSR count). The molecule has 3 aromatic rings. The summed E-state index contributed by atoms with van der Waals surface area (Å²) in [6.45, 7) is 0. The minimum Gasteiger partial charge on any atom is -0.322 e. The number of nitrogens with one attached hydrogen (secondary N) is 1. The summed E-state index contributed by atoms with van der Waals surface area (Å²) in [6, 6.07) is 9.13. The minimum absolute atomic E-state index is 0.274. The Kier molecular flexibility index (Phi) is 3.39. The quantitative estimate of drug-likeness (QED) is 0.693. The first-order valence-corrected chi connectivity index (χ1v) is 6.91. The van der Waals surface area contributed by atoms with Crippen LogP contribution in [0, 0.1) is 9.52 Å². The SMILES string of the molecule is O=C(Nc1ccc(F)cc1)c1cccn2c(I)cnc12. The Balaban J connectivity index is 1.94. The van der Waals surface area contributed by atoms with E-state index in [-0.39, 0.29) is 11.7 Å². The van der Waals surface area contributed by atoms with Gasteiger partial charge in [-0.05, 0) is 59.0 Å². The third-order valence-electron chi connectivity index (χ3n) is 2.84. The van der Waals surface area contributed by atoms with E-state index in [9.17, 15) is 9.18 Å². The number of amides is 1. The molecule has 1 aromatic carbocycles. The van der Waals surface area contributed by atoms with Crippen LogP contribution in [0.15, 0.2) is 48.8 Å². The van der Waals surface area contributed by atoms with Crippen LogP contribution in [-0.2, 0) is 0 Å². The predicted molar refractivity (Wildman–Crippen MR) is 82.3 cm³/mol. The highest BCUT2D eigenvalue weighted by molar-refractivity contribution is 14.1. The van der Waals surface area contributed by atoms with Gasteiger partial charge in [-0.2, -0.15) is 0 Å². The van der Waals surface area contributed by atoms with Gasteiger partial charge in [-0.25, -0.2) is 9.37 Å². The number of halogens is 2. The van der Waals surface area contributed by atoms with E-state index in [1.165, 1.54) is 24.3 Å². The number of aromatic nitrogens is 2. The number of carbonyl (C=O) groups excluding carboxylic acids is 1. The van der Waals surface area contributed by atoms with Crippen molar-refractivity contribution < 1.29 is 9.18 Å². The van der Waals surface area contributed by atoms with E-state index in [2.05, 4.69) is 32.9 Å². The average Bonchev–Trinajstić information content (AvgIpc) is 2.83. The highest BCUT2D eigenvalue weighted by atomic mass is 127. The molecule has 0 bridgehead atoms. The number of carbonyl (C=O) groups is 1. The van der Waals surface area contributed by atoms with Gasteiger partial charge in [0.2, 0.25) is 0 Å². The van der Waals surface area contributed by atoms with E-state index in [1.54, 1.807) is 18.3 Å². The molecular weight excluding hydrogens is 372 g/mol. The van der Waals surface area contributed by atoms with Gasteiger partial charge in [-0.15, -0.1) is 0 Å². The van der Waals surface area contributed by atoms with Crippen molar-refractivity contribution in [3.05, 3.63) is 63.9 Å². The number of hydrogen-bond acceptors (Lipinski definition) is 2. The molecule has 100 valence electrons.